The lowest BCUT2D eigenvalue weighted by atomic mass is 9.97. The number of hydrogen-bond donors (Lipinski definition) is 3. The third-order valence-corrected chi connectivity index (χ3v) is 5.95. The predicted octanol–water partition coefficient (Wildman–Crippen LogP) is 3.96. The monoisotopic (exact) mass is 567 g/mol. The van der Waals surface area contributed by atoms with Crippen LogP contribution in [0.2, 0.25) is 0 Å². The highest BCUT2D eigenvalue weighted by molar-refractivity contribution is 5.92. The first kappa shape index (κ1) is 32.9. The summed E-state index contributed by atoms with van der Waals surface area (Å²) in [5, 5.41) is 15.1. The van der Waals surface area contributed by atoms with Crippen LogP contribution in [-0.4, -0.2) is 65.2 Å². The van der Waals surface area contributed by atoms with Crippen LogP contribution in [0.5, 0.6) is 5.75 Å². The molecule has 2 aromatic rings. The number of carbonyl (C=O) groups is 4. The molecule has 2 rings (SSSR count). The second kappa shape index (κ2) is 15.4. The first-order chi connectivity index (χ1) is 19.4. The number of phenols is 1. The highest BCUT2D eigenvalue weighted by Gasteiger charge is 2.36. The molecule has 2 unspecified atom stereocenters. The zero-order valence-electron chi connectivity index (χ0n) is 24.4. The molecule has 10 nitrogen and oxygen atoms in total. The molecule has 0 radical (unpaired) electrons. The summed E-state index contributed by atoms with van der Waals surface area (Å²) in [5.74, 6) is -1.43. The van der Waals surface area contributed by atoms with E-state index < -0.39 is 41.6 Å². The minimum absolute atomic E-state index is 0.00872. The second-order valence-corrected chi connectivity index (χ2v) is 10.5. The highest BCUT2D eigenvalue weighted by atomic mass is 16.6. The van der Waals surface area contributed by atoms with E-state index in [0.29, 0.717) is 11.1 Å². The molecular formula is C31H41N3O7. The van der Waals surface area contributed by atoms with Gasteiger partial charge in [0, 0.05) is 19.5 Å². The van der Waals surface area contributed by atoms with E-state index >= 15 is 0 Å². The van der Waals surface area contributed by atoms with Gasteiger partial charge in [-0.1, -0.05) is 42.5 Å². The molecule has 2 aromatic carbocycles. The summed E-state index contributed by atoms with van der Waals surface area (Å²) in [4.78, 5) is 53.8. The number of aryl methyl sites for hydroxylation is 1. The van der Waals surface area contributed by atoms with Gasteiger partial charge in [-0.2, -0.15) is 0 Å². The number of hydrogen-bond acceptors (Lipinski definition) is 7. The zero-order chi connectivity index (χ0) is 30.6. The number of nitrogens with one attached hydrogen (secondary N) is 2. The van der Waals surface area contributed by atoms with Crippen LogP contribution in [0.4, 0.5) is 4.79 Å². The van der Waals surface area contributed by atoms with Gasteiger partial charge in [-0.15, -0.1) is 6.58 Å². The third kappa shape index (κ3) is 10.6. The molecule has 41 heavy (non-hydrogen) atoms. The number of nitrogens with zero attached hydrogens (tertiary/aromatic N) is 1. The zero-order valence-corrected chi connectivity index (χ0v) is 24.4. The summed E-state index contributed by atoms with van der Waals surface area (Å²) < 4.78 is 10.4. The Bertz CT molecular complexity index is 1200. The Morgan fingerprint density at radius 1 is 1.07 bits per heavy atom. The van der Waals surface area contributed by atoms with Crippen molar-refractivity contribution in [1.29, 1.82) is 0 Å². The molecule has 0 aromatic heterocycles. The number of benzene rings is 2. The van der Waals surface area contributed by atoms with E-state index in [2.05, 4.69) is 17.2 Å². The maximum Gasteiger partial charge on any atom is 0.408 e. The summed E-state index contributed by atoms with van der Waals surface area (Å²) in [6, 6.07) is 11.2. The molecule has 0 spiro atoms. The van der Waals surface area contributed by atoms with Crippen LogP contribution in [0.1, 0.15) is 56.8 Å². The van der Waals surface area contributed by atoms with Gasteiger partial charge in [0.2, 0.25) is 11.8 Å². The Kier molecular flexibility index (Phi) is 12.4. The van der Waals surface area contributed by atoms with E-state index in [1.807, 2.05) is 19.1 Å². The number of alkyl carbamates (subject to hydrolysis) is 1. The lowest BCUT2D eigenvalue weighted by Gasteiger charge is -2.34. The quantitative estimate of drug-likeness (QED) is 0.246. The normalized spacial score (nSPS) is 12.4. The summed E-state index contributed by atoms with van der Waals surface area (Å²) in [6.07, 6.45) is 0.746. The number of ether oxygens (including phenoxy) is 2. The highest BCUT2D eigenvalue weighted by Crippen LogP contribution is 2.26. The molecule has 3 N–H and O–H groups in total. The van der Waals surface area contributed by atoms with Crippen LogP contribution < -0.4 is 10.6 Å². The van der Waals surface area contributed by atoms with Crippen LogP contribution in [0.3, 0.4) is 0 Å². The second-order valence-electron chi connectivity index (χ2n) is 10.5. The SMILES string of the molecule is C=CCN(C(=O)C(Cc1ccc(O)cc1)NC(=O)OC(C)(C)C)C(C(=O)NCCC(=O)OCC)c1ccccc1C. The van der Waals surface area contributed by atoms with Crippen LogP contribution in [-0.2, 0) is 30.3 Å². The number of carbonyl (C=O) groups excluding carboxylic acids is 4. The lowest BCUT2D eigenvalue weighted by Crippen LogP contribution is -2.54. The van der Waals surface area contributed by atoms with Gasteiger partial charge in [0.1, 0.15) is 23.4 Å². The van der Waals surface area contributed by atoms with E-state index in [1.165, 1.54) is 23.1 Å². The molecule has 2 atom stereocenters. The summed E-state index contributed by atoms with van der Waals surface area (Å²) in [6.45, 7) is 12.7. The van der Waals surface area contributed by atoms with Crippen molar-refractivity contribution in [3.8, 4) is 5.75 Å². The van der Waals surface area contributed by atoms with Gasteiger partial charge in [0.15, 0.2) is 0 Å². The number of amides is 3. The van der Waals surface area contributed by atoms with Crippen molar-refractivity contribution in [1.82, 2.24) is 15.5 Å². The summed E-state index contributed by atoms with van der Waals surface area (Å²) in [7, 11) is 0. The van der Waals surface area contributed by atoms with Crippen molar-refractivity contribution in [3.63, 3.8) is 0 Å². The van der Waals surface area contributed by atoms with Gasteiger partial charge in [0.05, 0.1) is 13.0 Å². The lowest BCUT2D eigenvalue weighted by molar-refractivity contribution is -0.144. The minimum atomic E-state index is -1.12. The molecule has 0 aliphatic carbocycles. The Morgan fingerprint density at radius 3 is 2.32 bits per heavy atom. The molecule has 0 aliphatic rings. The molecule has 0 aliphatic heterocycles. The van der Waals surface area contributed by atoms with Crippen molar-refractivity contribution >= 4 is 23.9 Å². The van der Waals surface area contributed by atoms with Gasteiger partial charge in [0.25, 0.3) is 0 Å². The fourth-order valence-electron chi connectivity index (χ4n) is 4.14. The molecule has 3 amide bonds. The number of esters is 1. The number of phenolic OH excluding ortho intramolecular Hbond substituents is 1. The molecule has 0 fully saturated rings. The first-order valence-electron chi connectivity index (χ1n) is 13.5. The van der Waals surface area contributed by atoms with Gasteiger partial charge >= 0.3 is 12.1 Å². The molecule has 0 bridgehead atoms. The van der Waals surface area contributed by atoms with Crippen molar-refractivity contribution < 1.29 is 33.8 Å². The number of rotatable bonds is 13. The van der Waals surface area contributed by atoms with E-state index in [0.717, 1.165) is 5.56 Å². The molecular weight excluding hydrogens is 526 g/mol. The largest absolute Gasteiger partial charge is 0.508 e. The standard InChI is InChI=1S/C31H41N3O7/c1-7-19-34(27(24-12-10-9-11-21(24)3)28(37)32-18-17-26(36)40-8-2)29(38)25(33-30(39)41-31(4,5)6)20-22-13-15-23(35)16-14-22/h7,9-16,25,27,35H,1,8,17-20H2,2-6H3,(H,32,37)(H,33,39). The molecule has 222 valence electrons. The van der Waals surface area contributed by atoms with E-state index in [1.54, 1.807) is 52.0 Å². The molecule has 0 saturated heterocycles. The van der Waals surface area contributed by atoms with Crippen molar-refractivity contribution in [2.75, 3.05) is 19.7 Å². The summed E-state index contributed by atoms with van der Waals surface area (Å²) in [5.41, 5.74) is 1.22. The Labute approximate surface area is 241 Å². The third-order valence-electron chi connectivity index (χ3n) is 5.95. The fraction of sp³-hybridized carbons (Fsp3) is 0.419. The van der Waals surface area contributed by atoms with Crippen LogP contribution in [0, 0.1) is 6.92 Å². The Hall–Kier alpha value is -4.34. The summed E-state index contributed by atoms with van der Waals surface area (Å²) >= 11 is 0. The van der Waals surface area contributed by atoms with Crippen molar-refractivity contribution in [2.24, 2.45) is 0 Å². The van der Waals surface area contributed by atoms with Crippen LogP contribution in [0.15, 0.2) is 61.2 Å². The van der Waals surface area contributed by atoms with Crippen molar-refractivity contribution in [2.45, 2.75) is 65.1 Å². The Balaban J connectivity index is 2.48. The van der Waals surface area contributed by atoms with E-state index in [4.69, 9.17) is 9.47 Å². The Morgan fingerprint density at radius 2 is 1.73 bits per heavy atom. The average molecular weight is 568 g/mol. The maximum absolute atomic E-state index is 14.2. The predicted molar refractivity (Wildman–Crippen MR) is 155 cm³/mol. The van der Waals surface area contributed by atoms with Crippen LogP contribution >= 0.6 is 0 Å². The first-order valence-corrected chi connectivity index (χ1v) is 13.5. The van der Waals surface area contributed by atoms with Crippen LogP contribution in [0.25, 0.3) is 0 Å². The average Bonchev–Trinajstić information content (AvgIpc) is 2.89. The molecule has 0 saturated carbocycles. The van der Waals surface area contributed by atoms with Gasteiger partial charge < -0.3 is 30.1 Å². The topological polar surface area (TPSA) is 134 Å². The van der Waals surface area contributed by atoms with E-state index in [9.17, 15) is 24.3 Å². The van der Waals surface area contributed by atoms with Gasteiger partial charge in [-0.05, 0) is 63.4 Å². The minimum Gasteiger partial charge on any atom is -0.508 e. The maximum atomic E-state index is 14.2. The van der Waals surface area contributed by atoms with E-state index in [-0.39, 0.29) is 38.3 Å². The molecule has 10 heteroatoms. The van der Waals surface area contributed by atoms with Crippen molar-refractivity contribution in [3.05, 3.63) is 77.9 Å². The fourth-order valence-corrected chi connectivity index (χ4v) is 4.14. The smallest absolute Gasteiger partial charge is 0.408 e. The number of aromatic hydroxyl groups is 1. The van der Waals surface area contributed by atoms with Gasteiger partial charge in [-0.25, -0.2) is 4.79 Å². The molecule has 0 heterocycles. The van der Waals surface area contributed by atoms with Gasteiger partial charge in [-0.3, -0.25) is 14.4 Å².